The summed E-state index contributed by atoms with van der Waals surface area (Å²) in [5.74, 6) is 1.70. The number of ether oxygens (including phenoxy) is 2. The summed E-state index contributed by atoms with van der Waals surface area (Å²) in [6.07, 6.45) is 0. The molecule has 0 bridgehead atoms. The monoisotopic (exact) mass is 242 g/mol. The zero-order chi connectivity index (χ0) is 11.4. The maximum atomic E-state index is 11.3. The molecule has 1 aliphatic heterocycles. The number of urea groups is 1. The van der Waals surface area contributed by atoms with Crippen molar-refractivity contribution in [3.05, 3.63) is 18.2 Å². The van der Waals surface area contributed by atoms with E-state index in [1.165, 1.54) is 0 Å². The normalized spacial score (nSPS) is 12.3. The number of hydrogen-bond acceptors (Lipinski definition) is 3. The number of benzene rings is 1. The molecule has 1 aromatic rings. The van der Waals surface area contributed by atoms with Gasteiger partial charge in [-0.15, -0.1) is 11.6 Å². The summed E-state index contributed by atoms with van der Waals surface area (Å²) in [5, 5.41) is 5.26. The van der Waals surface area contributed by atoms with Crippen LogP contribution < -0.4 is 20.1 Å². The Morgan fingerprint density at radius 2 is 2.19 bits per heavy atom. The average molecular weight is 243 g/mol. The van der Waals surface area contributed by atoms with Crippen molar-refractivity contribution in [1.82, 2.24) is 5.32 Å². The Bertz CT molecular complexity index is 398. The number of halogens is 1. The predicted octanol–water partition coefficient (Wildman–Crippen LogP) is 1.78. The highest BCUT2D eigenvalue weighted by Gasteiger charge is 2.13. The molecule has 1 aromatic carbocycles. The van der Waals surface area contributed by atoms with Crippen molar-refractivity contribution in [3.8, 4) is 11.5 Å². The van der Waals surface area contributed by atoms with E-state index in [0.29, 0.717) is 29.6 Å². The van der Waals surface area contributed by atoms with Gasteiger partial charge in [0, 0.05) is 24.2 Å². The standard InChI is InChI=1S/C10H11ClN2O3/c11-3-4-12-10(14)13-7-1-2-8-9(5-7)16-6-15-8/h1-2,5H,3-4,6H2,(H2,12,13,14). The highest BCUT2D eigenvalue weighted by Crippen LogP contribution is 2.34. The van der Waals surface area contributed by atoms with Gasteiger partial charge in [-0.05, 0) is 12.1 Å². The second-order valence-electron chi connectivity index (χ2n) is 3.14. The maximum absolute atomic E-state index is 11.3. The van der Waals surface area contributed by atoms with Gasteiger partial charge >= 0.3 is 6.03 Å². The van der Waals surface area contributed by atoms with Gasteiger partial charge < -0.3 is 20.1 Å². The summed E-state index contributed by atoms with van der Waals surface area (Å²) in [6.45, 7) is 0.648. The highest BCUT2D eigenvalue weighted by atomic mass is 35.5. The van der Waals surface area contributed by atoms with Crippen molar-refractivity contribution in [2.45, 2.75) is 0 Å². The lowest BCUT2D eigenvalue weighted by Gasteiger charge is -2.06. The first-order chi connectivity index (χ1) is 7.79. The van der Waals surface area contributed by atoms with Gasteiger partial charge in [-0.2, -0.15) is 0 Å². The molecule has 1 aliphatic rings. The molecule has 0 saturated carbocycles. The molecule has 2 amide bonds. The summed E-state index contributed by atoms with van der Waals surface area (Å²) >= 11 is 5.45. The lowest BCUT2D eigenvalue weighted by Crippen LogP contribution is -2.30. The minimum Gasteiger partial charge on any atom is -0.454 e. The van der Waals surface area contributed by atoms with E-state index in [9.17, 15) is 4.79 Å². The van der Waals surface area contributed by atoms with Gasteiger partial charge in [0.1, 0.15) is 0 Å². The lowest BCUT2D eigenvalue weighted by atomic mass is 10.3. The van der Waals surface area contributed by atoms with Crippen molar-refractivity contribution < 1.29 is 14.3 Å². The Morgan fingerprint density at radius 1 is 1.38 bits per heavy atom. The van der Waals surface area contributed by atoms with Crippen molar-refractivity contribution in [2.75, 3.05) is 24.5 Å². The fourth-order valence-electron chi connectivity index (χ4n) is 1.31. The second-order valence-corrected chi connectivity index (χ2v) is 3.52. The smallest absolute Gasteiger partial charge is 0.319 e. The molecule has 0 aromatic heterocycles. The Kier molecular flexibility index (Phi) is 3.36. The Balaban J connectivity index is 1.97. The van der Waals surface area contributed by atoms with Crippen molar-refractivity contribution >= 4 is 23.3 Å². The molecule has 2 N–H and O–H groups in total. The highest BCUT2D eigenvalue weighted by molar-refractivity contribution is 6.18. The van der Waals surface area contributed by atoms with Crippen molar-refractivity contribution in [3.63, 3.8) is 0 Å². The number of anilines is 1. The molecule has 16 heavy (non-hydrogen) atoms. The number of amides is 2. The zero-order valence-corrected chi connectivity index (χ0v) is 9.21. The number of carbonyl (C=O) groups excluding carboxylic acids is 1. The third kappa shape index (κ3) is 2.49. The first kappa shape index (κ1) is 10.9. The number of rotatable bonds is 3. The van der Waals surface area contributed by atoms with Gasteiger partial charge in [-0.25, -0.2) is 4.79 Å². The van der Waals surface area contributed by atoms with Gasteiger partial charge in [0.2, 0.25) is 6.79 Å². The molecule has 0 spiro atoms. The third-order valence-corrected chi connectivity index (χ3v) is 2.20. The molecule has 1 heterocycles. The fraction of sp³-hybridized carbons (Fsp3) is 0.300. The molecule has 0 radical (unpaired) electrons. The first-order valence-corrected chi connectivity index (χ1v) is 5.33. The zero-order valence-electron chi connectivity index (χ0n) is 8.46. The summed E-state index contributed by atoms with van der Waals surface area (Å²) in [4.78, 5) is 11.3. The Morgan fingerprint density at radius 3 is 3.00 bits per heavy atom. The van der Waals surface area contributed by atoms with E-state index in [2.05, 4.69) is 10.6 Å². The van der Waals surface area contributed by atoms with Crippen LogP contribution in [0.25, 0.3) is 0 Å². The van der Waals surface area contributed by atoms with E-state index in [1.54, 1.807) is 18.2 Å². The number of alkyl halides is 1. The lowest BCUT2D eigenvalue weighted by molar-refractivity contribution is 0.174. The van der Waals surface area contributed by atoms with Crippen LogP contribution in [0.5, 0.6) is 11.5 Å². The van der Waals surface area contributed by atoms with E-state index in [-0.39, 0.29) is 12.8 Å². The molecule has 0 saturated heterocycles. The maximum Gasteiger partial charge on any atom is 0.319 e. The van der Waals surface area contributed by atoms with Crippen LogP contribution in [0.2, 0.25) is 0 Å². The first-order valence-electron chi connectivity index (χ1n) is 4.80. The summed E-state index contributed by atoms with van der Waals surface area (Å²) in [5.41, 5.74) is 0.649. The van der Waals surface area contributed by atoms with Crippen molar-refractivity contribution in [2.24, 2.45) is 0 Å². The second kappa shape index (κ2) is 4.94. The van der Waals surface area contributed by atoms with E-state index < -0.39 is 0 Å². The van der Waals surface area contributed by atoms with Crippen molar-refractivity contribution in [1.29, 1.82) is 0 Å². The number of hydrogen-bond donors (Lipinski definition) is 2. The van der Waals surface area contributed by atoms with Gasteiger partial charge in [-0.3, -0.25) is 0 Å². The van der Waals surface area contributed by atoms with Crippen LogP contribution in [-0.2, 0) is 0 Å². The number of fused-ring (bicyclic) bond motifs is 1. The van der Waals surface area contributed by atoms with Gasteiger partial charge in [0.15, 0.2) is 11.5 Å². The predicted molar refractivity (Wildman–Crippen MR) is 60.3 cm³/mol. The molecule has 86 valence electrons. The van der Waals surface area contributed by atoms with E-state index in [0.717, 1.165) is 0 Å². The summed E-state index contributed by atoms with van der Waals surface area (Å²) in [7, 11) is 0. The molecule has 0 unspecified atom stereocenters. The molecule has 0 atom stereocenters. The van der Waals surface area contributed by atoms with Gasteiger partial charge in [0.25, 0.3) is 0 Å². The SMILES string of the molecule is O=C(NCCCl)Nc1ccc2c(c1)OCO2. The van der Waals surface area contributed by atoms with Crippen LogP contribution in [-0.4, -0.2) is 25.2 Å². The van der Waals surface area contributed by atoms with E-state index in [1.807, 2.05) is 0 Å². The van der Waals surface area contributed by atoms with Crippen LogP contribution in [0, 0.1) is 0 Å². The van der Waals surface area contributed by atoms with E-state index >= 15 is 0 Å². The van der Waals surface area contributed by atoms with Crippen LogP contribution in [0.4, 0.5) is 10.5 Å². The molecule has 6 heteroatoms. The van der Waals surface area contributed by atoms with Gasteiger partial charge in [0.05, 0.1) is 0 Å². The molecule has 2 rings (SSSR count). The van der Waals surface area contributed by atoms with Crippen LogP contribution in [0.1, 0.15) is 0 Å². The van der Waals surface area contributed by atoms with E-state index in [4.69, 9.17) is 21.1 Å². The quantitative estimate of drug-likeness (QED) is 0.795. The largest absolute Gasteiger partial charge is 0.454 e. The van der Waals surface area contributed by atoms with Crippen LogP contribution >= 0.6 is 11.6 Å². The fourth-order valence-corrected chi connectivity index (χ4v) is 1.40. The molecule has 0 fully saturated rings. The third-order valence-electron chi connectivity index (χ3n) is 2.01. The molecule has 5 nitrogen and oxygen atoms in total. The number of nitrogens with one attached hydrogen (secondary N) is 2. The summed E-state index contributed by atoms with van der Waals surface area (Å²) < 4.78 is 10.3. The van der Waals surface area contributed by atoms with Crippen LogP contribution in [0.3, 0.4) is 0 Å². The Hall–Kier alpha value is -1.62. The topological polar surface area (TPSA) is 59.6 Å². The molecular formula is C10H11ClN2O3. The summed E-state index contributed by atoms with van der Waals surface area (Å²) in [6, 6.07) is 4.91. The minimum absolute atomic E-state index is 0.219. The van der Waals surface area contributed by atoms with Crippen LogP contribution in [0.15, 0.2) is 18.2 Å². The minimum atomic E-state index is -0.292. The number of carbonyl (C=O) groups is 1. The molecule has 0 aliphatic carbocycles. The molecular weight excluding hydrogens is 232 g/mol. The Labute approximate surface area is 97.7 Å². The van der Waals surface area contributed by atoms with Gasteiger partial charge in [-0.1, -0.05) is 0 Å². The average Bonchev–Trinajstić information content (AvgIpc) is 2.73.